The molecule has 8 heteroatoms. The highest BCUT2D eigenvalue weighted by Crippen LogP contribution is 2.21. The average molecular weight is 251 g/mol. The SMILES string of the molecule is O=S1(=O)CCCC1Cn1nnnc1CCl. The second-order valence-corrected chi connectivity index (χ2v) is 6.21. The first kappa shape index (κ1) is 10.8. The molecule has 0 aliphatic carbocycles. The summed E-state index contributed by atoms with van der Waals surface area (Å²) in [6.45, 7) is 0.317. The molecular weight excluding hydrogens is 240 g/mol. The van der Waals surface area contributed by atoms with Gasteiger partial charge in [0.2, 0.25) is 0 Å². The number of aromatic nitrogens is 4. The molecule has 0 spiro atoms. The number of hydrogen-bond donors (Lipinski definition) is 0. The van der Waals surface area contributed by atoms with Gasteiger partial charge < -0.3 is 0 Å². The minimum absolute atomic E-state index is 0.194. The van der Waals surface area contributed by atoms with Gasteiger partial charge in [0.25, 0.3) is 0 Å². The third-order valence-corrected chi connectivity index (χ3v) is 5.06. The second-order valence-electron chi connectivity index (χ2n) is 3.54. The Morgan fingerprint density at radius 1 is 1.53 bits per heavy atom. The average Bonchev–Trinajstić information content (AvgIpc) is 2.74. The van der Waals surface area contributed by atoms with Crippen LogP contribution in [0.3, 0.4) is 0 Å². The zero-order valence-corrected chi connectivity index (χ0v) is 9.58. The fraction of sp³-hybridized carbons (Fsp3) is 0.857. The van der Waals surface area contributed by atoms with Gasteiger partial charge in [-0.15, -0.1) is 16.7 Å². The maximum absolute atomic E-state index is 11.6. The van der Waals surface area contributed by atoms with Crippen LogP contribution in [0.25, 0.3) is 0 Å². The lowest BCUT2D eigenvalue weighted by Gasteiger charge is -2.09. The van der Waals surface area contributed by atoms with E-state index in [4.69, 9.17) is 11.6 Å². The van der Waals surface area contributed by atoms with E-state index in [0.717, 1.165) is 6.42 Å². The van der Waals surface area contributed by atoms with Gasteiger partial charge in [-0.05, 0) is 23.3 Å². The van der Waals surface area contributed by atoms with E-state index in [9.17, 15) is 8.42 Å². The zero-order valence-electron chi connectivity index (χ0n) is 8.00. The standard InChI is InChI=1S/C7H11ClN4O2S/c8-4-7-9-10-11-12(7)5-6-2-1-3-15(6,13)14/h6H,1-5H2. The molecule has 1 saturated heterocycles. The molecule has 0 bridgehead atoms. The van der Waals surface area contributed by atoms with Gasteiger partial charge in [-0.25, -0.2) is 13.1 Å². The van der Waals surface area contributed by atoms with Gasteiger partial charge in [0, 0.05) is 0 Å². The Labute approximate surface area is 92.5 Å². The normalized spacial score (nSPS) is 24.5. The number of alkyl halides is 1. The predicted molar refractivity (Wildman–Crippen MR) is 54.2 cm³/mol. The summed E-state index contributed by atoms with van der Waals surface area (Å²) >= 11 is 5.62. The van der Waals surface area contributed by atoms with Gasteiger partial charge in [0.05, 0.1) is 23.4 Å². The van der Waals surface area contributed by atoms with Crippen LogP contribution < -0.4 is 0 Å². The van der Waals surface area contributed by atoms with Crippen LogP contribution >= 0.6 is 11.6 Å². The number of sulfone groups is 1. The third-order valence-electron chi connectivity index (χ3n) is 2.56. The Bertz CT molecular complexity index is 444. The van der Waals surface area contributed by atoms with Gasteiger partial charge in [0.15, 0.2) is 15.7 Å². The topological polar surface area (TPSA) is 77.7 Å². The second kappa shape index (κ2) is 4.05. The Balaban J connectivity index is 2.16. The number of nitrogens with zero attached hydrogens (tertiary/aromatic N) is 4. The zero-order chi connectivity index (χ0) is 10.9. The molecule has 0 radical (unpaired) electrons. The van der Waals surface area contributed by atoms with Crippen LogP contribution in [0.4, 0.5) is 0 Å². The smallest absolute Gasteiger partial charge is 0.166 e. The van der Waals surface area contributed by atoms with Crippen molar-refractivity contribution in [2.75, 3.05) is 5.75 Å². The molecule has 0 amide bonds. The Hall–Kier alpha value is -0.690. The summed E-state index contributed by atoms with van der Waals surface area (Å²) in [5.41, 5.74) is 0. The molecule has 2 rings (SSSR count). The molecule has 6 nitrogen and oxygen atoms in total. The van der Waals surface area contributed by atoms with Crippen LogP contribution in [0.2, 0.25) is 0 Å². The highest BCUT2D eigenvalue weighted by Gasteiger charge is 2.32. The lowest BCUT2D eigenvalue weighted by Crippen LogP contribution is -2.23. The molecule has 15 heavy (non-hydrogen) atoms. The highest BCUT2D eigenvalue weighted by molar-refractivity contribution is 7.92. The van der Waals surface area contributed by atoms with Gasteiger partial charge >= 0.3 is 0 Å². The van der Waals surface area contributed by atoms with E-state index >= 15 is 0 Å². The summed E-state index contributed by atoms with van der Waals surface area (Å²) in [6, 6.07) is 0. The summed E-state index contributed by atoms with van der Waals surface area (Å²) in [5.74, 6) is 0.981. The van der Waals surface area contributed by atoms with E-state index in [2.05, 4.69) is 15.5 Å². The van der Waals surface area contributed by atoms with Crippen LogP contribution in [-0.2, 0) is 22.3 Å². The Kier molecular flexibility index (Phi) is 2.92. The molecule has 1 unspecified atom stereocenters. The molecule has 1 atom stereocenters. The van der Waals surface area contributed by atoms with Crippen molar-refractivity contribution in [2.45, 2.75) is 30.5 Å². The lowest BCUT2D eigenvalue weighted by atomic mass is 10.2. The molecule has 1 fully saturated rings. The quantitative estimate of drug-likeness (QED) is 0.705. The summed E-state index contributed by atoms with van der Waals surface area (Å²) in [5, 5.41) is 10.5. The van der Waals surface area contributed by atoms with Crippen LogP contribution in [0.5, 0.6) is 0 Å². The van der Waals surface area contributed by atoms with Crippen molar-refractivity contribution < 1.29 is 8.42 Å². The maximum Gasteiger partial charge on any atom is 0.166 e. The number of tetrazole rings is 1. The first-order chi connectivity index (χ1) is 7.13. The molecular formula is C7H11ClN4O2S. The van der Waals surface area contributed by atoms with Gasteiger partial charge in [-0.2, -0.15) is 0 Å². The minimum atomic E-state index is -2.95. The van der Waals surface area contributed by atoms with Gasteiger partial charge in [0.1, 0.15) is 0 Å². The van der Waals surface area contributed by atoms with Crippen molar-refractivity contribution in [1.82, 2.24) is 20.2 Å². The van der Waals surface area contributed by atoms with Crippen molar-refractivity contribution in [3.05, 3.63) is 5.82 Å². The Morgan fingerprint density at radius 3 is 2.93 bits per heavy atom. The van der Waals surface area contributed by atoms with Crippen LogP contribution in [0.15, 0.2) is 0 Å². The number of hydrogen-bond acceptors (Lipinski definition) is 5. The van der Waals surface area contributed by atoms with Gasteiger partial charge in [-0.1, -0.05) is 0 Å². The van der Waals surface area contributed by atoms with Crippen molar-refractivity contribution in [3.8, 4) is 0 Å². The number of halogens is 1. The summed E-state index contributed by atoms with van der Waals surface area (Å²) < 4.78 is 24.6. The molecule has 1 aromatic heterocycles. The van der Waals surface area contributed by atoms with Crippen LogP contribution in [-0.4, -0.2) is 39.6 Å². The predicted octanol–water partition coefficient (Wildman–Crippen LogP) is -0.0109. The highest BCUT2D eigenvalue weighted by atomic mass is 35.5. The molecule has 1 aliphatic rings. The van der Waals surface area contributed by atoms with E-state index in [1.807, 2.05) is 0 Å². The van der Waals surface area contributed by atoms with Crippen molar-refractivity contribution in [1.29, 1.82) is 0 Å². The molecule has 0 aromatic carbocycles. The van der Waals surface area contributed by atoms with Crippen molar-refractivity contribution in [3.63, 3.8) is 0 Å². The van der Waals surface area contributed by atoms with E-state index < -0.39 is 9.84 Å². The summed E-state index contributed by atoms with van der Waals surface area (Å²) in [7, 11) is -2.95. The minimum Gasteiger partial charge on any atom is -0.228 e. The molecule has 1 aromatic rings. The van der Waals surface area contributed by atoms with E-state index in [1.165, 1.54) is 4.68 Å². The molecule has 2 heterocycles. The molecule has 84 valence electrons. The molecule has 0 N–H and O–H groups in total. The lowest BCUT2D eigenvalue weighted by molar-refractivity contribution is 0.522. The molecule has 1 aliphatic heterocycles. The van der Waals surface area contributed by atoms with Crippen LogP contribution in [0, 0.1) is 0 Å². The number of rotatable bonds is 3. The Morgan fingerprint density at radius 2 is 2.33 bits per heavy atom. The van der Waals surface area contributed by atoms with Gasteiger partial charge in [-0.3, -0.25) is 0 Å². The summed E-state index contributed by atoms with van der Waals surface area (Å²) in [6.07, 6.45) is 1.41. The molecule has 0 saturated carbocycles. The van der Waals surface area contributed by atoms with E-state index in [1.54, 1.807) is 0 Å². The monoisotopic (exact) mass is 250 g/mol. The fourth-order valence-electron chi connectivity index (χ4n) is 1.72. The first-order valence-electron chi connectivity index (χ1n) is 4.66. The van der Waals surface area contributed by atoms with Crippen LogP contribution in [0.1, 0.15) is 18.7 Å². The summed E-state index contributed by atoms with van der Waals surface area (Å²) in [4.78, 5) is 0. The van der Waals surface area contributed by atoms with Crippen molar-refractivity contribution >= 4 is 21.4 Å². The van der Waals surface area contributed by atoms with E-state index in [-0.39, 0.29) is 16.9 Å². The largest absolute Gasteiger partial charge is 0.228 e. The third kappa shape index (κ3) is 2.12. The maximum atomic E-state index is 11.6. The van der Waals surface area contributed by atoms with Crippen molar-refractivity contribution in [2.24, 2.45) is 0 Å². The first-order valence-corrected chi connectivity index (χ1v) is 6.91. The fourth-order valence-corrected chi connectivity index (χ4v) is 3.70. The van der Waals surface area contributed by atoms with E-state index in [0.29, 0.717) is 18.8 Å².